The number of halogens is 1. The van der Waals surface area contributed by atoms with E-state index in [-0.39, 0.29) is 10.7 Å². The minimum Gasteiger partial charge on any atom is -0.451 e. The first-order valence-electron chi connectivity index (χ1n) is 9.47. The summed E-state index contributed by atoms with van der Waals surface area (Å²) in [7, 11) is -3.53. The van der Waals surface area contributed by atoms with Crippen LogP contribution < -0.4 is 0 Å². The maximum atomic E-state index is 12.5. The van der Waals surface area contributed by atoms with Crippen LogP contribution >= 0.6 is 11.6 Å². The van der Waals surface area contributed by atoms with Gasteiger partial charge in [0.1, 0.15) is 0 Å². The van der Waals surface area contributed by atoms with E-state index in [9.17, 15) is 18.0 Å². The quantitative estimate of drug-likeness (QED) is 0.325. The van der Waals surface area contributed by atoms with E-state index < -0.39 is 22.1 Å². The van der Waals surface area contributed by atoms with Crippen molar-refractivity contribution < 1.29 is 22.7 Å². The Morgan fingerprint density at radius 1 is 1.10 bits per heavy atom. The van der Waals surface area contributed by atoms with E-state index in [0.717, 1.165) is 0 Å². The minimum atomic E-state index is -3.53. The van der Waals surface area contributed by atoms with E-state index in [1.54, 1.807) is 44.2 Å². The zero-order valence-corrected chi connectivity index (χ0v) is 18.6. The molecule has 8 heteroatoms. The largest absolute Gasteiger partial charge is 0.451 e. The van der Waals surface area contributed by atoms with Crippen LogP contribution in [0.15, 0.2) is 59.5 Å². The Morgan fingerprint density at radius 3 is 2.30 bits per heavy atom. The number of carbonyl (C=O) groups excluding carboxylic acids is 2. The Kier molecular flexibility index (Phi) is 8.34. The number of ether oxygens (including phenoxy) is 1. The highest BCUT2D eigenvalue weighted by molar-refractivity contribution is 7.89. The molecule has 1 unspecified atom stereocenters. The molecule has 6 nitrogen and oxygen atoms in total. The van der Waals surface area contributed by atoms with Crippen molar-refractivity contribution in [3.05, 3.63) is 70.8 Å². The van der Waals surface area contributed by atoms with Crippen molar-refractivity contribution in [3.8, 4) is 0 Å². The van der Waals surface area contributed by atoms with Gasteiger partial charge in [-0.25, -0.2) is 13.2 Å². The normalized spacial score (nSPS) is 12.8. The summed E-state index contributed by atoms with van der Waals surface area (Å²) in [6.45, 7) is 5.82. The third-order valence-electron chi connectivity index (χ3n) is 4.41. The van der Waals surface area contributed by atoms with E-state index in [2.05, 4.69) is 0 Å². The molecule has 0 heterocycles. The molecule has 2 rings (SSSR count). The van der Waals surface area contributed by atoms with Gasteiger partial charge in [-0.2, -0.15) is 4.31 Å². The topological polar surface area (TPSA) is 80.8 Å². The van der Waals surface area contributed by atoms with Gasteiger partial charge in [0.05, 0.1) is 4.90 Å². The van der Waals surface area contributed by atoms with Crippen LogP contribution in [-0.2, 0) is 19.6 Å². The lowest BCUT2D eigenvalue weighted by atomic mass is 10.1. The molecule has 2 aromatic rings. The predicted octanol–water partition coefficient (Wildman–Crippen LogP) is 4.20. The molecule has 0 radical (unpaired) electrons. The predicted molar refractivity (Wildman–Crippen MR) is 117 cm³/mol. The second kappa shape index (κ2) is 10.5. The van der Waals surface area contributed by atoms with E-state index >= 15 is 0 Å². The van der Waals surface area contributed by atoms with Crippen LogP contribution in [0, 0.1) is 0 Å². The van der Waals surface area contributed by atoms with Crippen LogP contribution in [0.4, 0.5) is 0 Å². The Labute approximate surface area is 182 Å². The van der Waals surface area contributed by atoms with Crippen molar-refractivity contribution in [2.45, 2.75) is 31.8 Å². The SMILES string of the molecule is CCN(CC)S(=O)(=O)c1ccc(C=CC(=O)OC(C)C(=O)c2cccc(Cl)c2)cc1. The van der Waals surface area contributed by atoms with Crippen LogP contribution in [-0.4, -0.2) is 43.7 Å². The first kappa shape index (κ1) is 23.8. The number of hydrogen-bond donors (Lipinski definition) is 0. The van der Waals surface area contributed by atoms with E-state index in [4.69, 9.17) is 16.3 Å². The Bertz CT molecular complexity index is 1030. The summed E-state index contributed by atoms with van der Waals surface area (Å²) >= 11 is 5.88. The molecule has 0 spiro atoms. The van der Waals surface area contributed by atoms with Crippen molar-refractivity contribution in [3.63, 3.8) is 0 Å². The molecular weight excluding hydrogens is 426 g/mol. The Hall–Kier alpha value is -2.48. The molecule has 0 bridgehead atoms. The fourth-order valence-electron chi connectivity index (χ4n) is 2.77. The van der Waals surface area contributed by atoms with Crippen LogP contribution in [0.1, 0.15) is 36.7 Å². The number of nitrogens with zero attached hydrogens (tertiary/aromatic N) is 1. The summed E-state index contributed by atoms with van der Waals surface area (Å²) < 4.78 is 31.5. The summed E-state index contributed by atoms with van der Waals surface area (Å²) in [6.07, 6.45) is 1.71. The zero-order chi connectivity index (χ0) is 22.3. The van der Waals surface area contributed by atoms with Gasteiger partial charge >= 0.3 is 5.97 Å². The number of Topliss-reactive ketones (excluding diaryl/α,β-unsaturated/α-hetero) is 1. The number of esters is 1. The zero-order valence-electron chi connectivity index (χ0n) is 17.0. The molecule has 2 aromatic carbocycles. The third-order valence-corrected chi connectivity index (χ3v) is 6.71. The van der Waals surface area contributed by atoms with Gasteiger partial charge in [-0.05, 0) is 42.8 Å². The lowest BCUT2D eigenvalue weighted by Gasteiger charge is -2.18. The van der Waals surface area contributed by atoms with Gasteiger partial charge in [-0.1, -0.05) is 49.7 Å². The van der Waals surface area contributed by atoms with Crippen molar-refractivity contribution >= 4 is 39.5 Å². The van der Waals surface area contributed by atoms with Gasteiger partial charge in [0.15, 0.2) is 6.10 Å². The second-order valence-electron chi connectivity index (χ2n) is 6.45. The van der Waals surface area contributed by atoms with Gasteiger partial charge in [0.2, 0.25) is 15.8 Å². The lowest BCUT2D eigenvalue weighted by Crippen LogP contribution is -2.30. The average Bonchev–Trinajstić information content (AvgIpc) is 2.72. The fraction of sp³-hybridized carbons (Fsp3) is 0.273. The highest BCUT2D eigenvalue weighted by Crippen LogP contribution is 2.17. The fourth-order valence-corrected chi connectivity index (χ4v) is 4.42. The van der Waals surface area contributed by atoms with Crippen LogP contribution in [0.2, 0.25) is 5.02 Å². The van der Waals surface area contributed by atoms with Crippen molar-refractivity contribution in [2.75, 3.05) is 13.1 Å². The van der Waals surface area contributed by atoms with Crippen molar-refractivity contribution in [2.24, 2.45) is 0 Å². The summed E-state index contributed by atoms with van der Waals surface area (Å²) in [5.41, 5.74) is 0.982. The van der Waals surface area contributed by atoms with Gasteiger partial charge in [-0.15, -0.1) is 0 Å². The van der Waals surface area contributed by atoms with Crippen LogP contribution in [0.25, 0.3) is 6.08 Å². The number of rotatable bonds is 9. The van der Waals surface area contributed by atoms with Crippen LogP contribution in [0.5, 0.6) is 0 Å². The molecule has 0 N–H and O–H groups in total. The molecular formula is C22H24ClNO5S. The summed E-state index contributed by atoms with van der Waals surface area (Å²) in [6, 6.07) is 12.6. The number of ketones is 1. The molecule has 0 saturated heterocycles. The first-order chi connectivity index (χ1) is 14.2. The maximum absolute atomic E-state index is 12.5. The lowest BCUT2D eigenvalue weighted by molar-refractivity contribution is -0.140. The Morgan fingerprint density at radius 2 is 1.73 bits per heavy atom. The molecule has 0 aliphatic carbocycles. The Balaban J connectivity index is 2.02. The van der Waals surface area contributed by atoms with E-state index in [0.29, 0.717) is 29.2 Å². The molecule has 0 aliphatic rings. The third kappa shape index (κ3) is 6.01. The molecule has 0 amide bonds. The maximum Gasteiger partial charge on any atom is 0.331 e. The molecule has 0 aromatic heterocycles. The monoisotopic (exact) mass is 449 g/mol. The number of carbonyl (C=O) groups is 2. The number of hydrogen-bond acceptors (Lipinski definition) is 5. The molecule has 30 heavy (non-hydrogen) atoms. The second-order valence-corrected chi connectivity index (χ2v) is 8.82. The first-order valence-corrected chi connectivity index (χ1v) is 11.3. The highest BCUT2D eigenvalue weighted by Gasteiger charge is 2.21. The molecule has 160 valence electrons. The summed E-state index contributed by atoms with van der Waals surface area (Å²) in [5, 5.41) is 0.422. The summed E-state index contributed by atoms with van der Waals surface area (Å²) in [4.78, 5) is 24.5. The van der Waals surface area contributed by atoms with Gasteiger partial charge in [-0.3, -0.25) is 4.79 Å². The molecule has 0 saturated carbocycles. The van der Waals surface area contributed by atoms with Gasteiger partial charge in [0, 0.05) is 29.8 Å². The molecule has 0 aliphatic heterocycles. The number of benzene rings is 2. The minimum absolute atomic E-state index is 0.187. The van der Waals surface area contributed by atoms with Crippen molar-refractivity contribution in [1.82, 2.24) is 4.31 Å². The van der Waals surface area contributed by atoms with Gasteiger partial charge in [0.25, 0.3) is 0 Å². The molecule has 1 atom stereocenters. The number of sulfonamides is 1. The van der Waals surface area contributed by atoms with E-state index in [1.807, 2.05) is 0 Å². The summed E-state index contributed by atoms with van der Waals surface area (Å²) in [5.74, 6) is -1.04. The molecule has 0 fully saturated rings. The van der Waals surface area contributed by atoms with Crippen molar-refractivity contribution in [1.29, 1.82) is 0 Å². The van der Waals surface area contributed by atoms with Crippen LogP contribution in [0.3, 0.4) is 0 Å². The highest BCUT2D eigenvalue weighted by atomic mass is 35.5. The van der Waals surface area contributed by atoms with Gasteiger partial charge < -0.3 is 4.74 Å². The standard InChI is InChI=1S/C22H24ClNO5S/c1-4-24(5-2)30(27,28)20-12-9-17(10-13-20)11-14-21(25)29-16(3)22(26)18-7-6-8-19(23)15-18/h6-16H,4-5H2,1-3H3. The smallest absolute Gasteiger partial charge is 0.331 e. The van der Waals surface area contributed by atoms with E-state index in [1.165, 1.54) is 41.6 Å². The average molecular weight is 450 g/mol.